The summed E-state index contributed by atoms with van der Waals surface area (Å²) in [6.45, 7) is 1.34. The van der Waals surface area contributed by atoms with Crippen LogP contribution in [0.25, 0.3) is 0 Å². The average molecular weight is 352 g/mol. The molecule has 0 saturated heterocycles. The van der Waals surface area contributed by atoms with Crippen molar-refractivity contribution in [2.45, 2.75) is 19.4 Å². The van der Waals surface area contributed by atoms with Gasteiger partial charge in [-0.2, -0.15) is 0 Å². The van der Waals surface area contributed by atoms with Gasteiger partial charge in [0, 0.05) is 6.92 Å². The molecule has 0 aromatic heterocycles. The maximum absolute atomic E-state index is 12.3. The molecule has 1 atom stereocenters. The summed E-state index contributed by atoms with van der Waals surface area (Å²) in [6, 6.07) is 14.5. The van der Waals surface area contributed by atoms with E-state index in [4.69, 9.17) is 4.84 Å². The number of imide groups is 1. The van der Waals surface area contributed by atoms with Crippen LogP contribution in [0.2, 0.25) is 0 Å². The molecule has 1 heterocycles. The van der Waals surface area contributed by atoms with Crippen molar-refractivity contribution >= 4 is 23.7 Å². The van der Waals surface area contributed by atoms with Crippen LogP contribution in [0.3, 0.4) is 0 Å². The van der Waals surface area contributed by atoms with E-state index in [-0.39, 0.29) is 23.5 Å². The van der Waals surface area contributed by atoms with Crippen LogP contribution in [-0.2, 0) is 14.4 Å². The molecule has 7 nitrogen and oxygen atoms in total. The molecule has 26 heavy (non-hydrogen) atoms. The van der Waals surface area contributed by atoms with Crippen molar-refractivity contribution in [2.24, 2.45) is 0 Å². The second-order valence-electron chi connectivity index (χ2n) is 5.78. The van der Waals surface area contributed by atoms with Crippen molar-refractivity contribution in [3.05, 3.63) is 71.3 Å². The highest BCUT2D eigenvalue weighted by Crippen LogP contribution is 2.24. The summed E-state index contributed by atoms with van der Waals surface area (Å²) < 4.78 is 0. The zero-order valence-electron chi connectivity index (χ0n) is 14.0. The van der Waals surface area contributed by atoms with Crippen LogP contribution in [0.15, 0.2) is 54.6 Å². The fourth-order valence-electron chi connectivity index (χ4n) is 2.74. The number of hydrogen-bond donors (Lipinski definition) is 1. The fraction of sp³-hybridized carbons (Fsp3) is 0.158. The van der Waals surface area contributed by atoms with Crippen LogP contribution >= 0.6 is 0 Å². The monoisotopic (exact) mass is 352 g/mol. The van der Waals surface area contributed by atoms with Crippen molar-refractivity contribution < 1.29 is 24.0 Å². The van der Waals surface area contributed by atoms with Crippen LogP contribution in [0.1, 0.15) is 45.7 Å². The van der Waals surface area contributed by atoms with Gasteiger partial charge >= 0.3 is 5.97 Å². The molecule has 0 fully saturated rings. The lowest BCUT2D eigenvalue weighted by molar-refractivity contribution is -0.169. The van der Waals surface area contributed by atoms with E-state index >= 15 is 0 Å². The fourth-order valence-corrected chi connectivity index (χ4v) is 2.74. The van der Waals surface area contributed by atoms with E-state index in [1.54, 1.807) is 36.4 Å². The minimum atomic E-state index is -0.804. The van der Waals surface area contributed by atoms with Gasteiger partial charge in [-0.3, -0.25) is 14.4 Å². The number of hydroxylamine groups is 2. The molecule has 132 valence electrons. The SMILES string of the molecule is CC(=O)NC(CC(=O)ON1C(=O)c2ccccc2C1=O)c1ccccc1. The van der Waals surface area contributed by atoms with Crippen molar-refractivity contribution in [1.82, 2.24) is 10.4 Å². The molecule has 1 aliphatic heterocycles. The summed E-state index contributed by atoms with van der Waals surface area (Å²) in [7, 11) is 0. The van der Waals surface area contributed by atoms with E-state index in [1.165, 1.54) is 19.1 Å². The van der Waals surface area contributed by atoms with Gasteiger partial charge in [-0.25, -0.2) is 4.79 Å². The zero-order valence-corrected chi connectivity index (χ0v) is 14.0. The number of nitrogens with zero attached hydrogens (tertiary/aromatic N) is 1. The third-order valence-corrected chi connectivity index (χ3v) is 3.90. The van der Waals surface area contributed by atoms with E-state index < -0.39 is 23.8 Å². The number of amides is 3. The zero-order chi connectivity index (χ0) is 18.7. The molecule has 7 heteroatoms. The highest BCUT2D eigenvalue weighted by atomic mass is 16.7. The van der Waals surface area contributed by atoms with Gasteiger partial charge in [0.05, 0.1) is 23.6 Å². The minimum absolute atomic E-state index is 0.187. The third-order valence-electron chi connectivity index (χ3n) is 3.90. The van der Waals surface area contributed by atoms with Gasteiger partial charge in [-0.15, -0.1) is 0 Å². The molecule has 3 amide bonds. The Labute approximate surface area is 149 Å². The number of nitrogens with one attached hydrogen (secondary N) is 1. The number of fused-ring (bicyclic) bond motifs is 1. The molecule has 0 saturated carbocycles. The molecule has 1 aliphatic rings. The number of carbonyl (C=O) groups is 4. The third kappa shape index (κ3) is 3.46. The van der Waals surface area contributed by atoms with E-state index in [0.717, 1.165) is 0 Å². The number of benzene rings is 2. The first-order valence-electron chi connectivity index (χ1n) is 7.98. The summed E-state index contributed by atoms with van der Waals surface area (Å²) in [5.74, 6) is -2.49. The molecule has 0 bridgehead atoms. The van der Waals surface area contributed by atoms with Crippen molar-refractivity contribution in [3.8, 4) is 0 Å². The Morgan fingerprint density at radius 1 is 0.962 bits per heavy atom. The van der Waals surface area contributed by atoms with E-state index in [2.05, 4.69) is 5.32 Å². The molecular formula is C19H16N2O5. The topological polar surface area (TPSA) is 92.8 Å². The van der Waals surface area contributed by atoms with Crippen LogP contribution in [-0.4, -0.2) is 28.8 Å². The highest BCUT2D eigenvalue weighted by molar-refractivity contribution is 6.20. The Hall–Kier alpha value is -3.48. The molecule has 2 aromatic carbocycles. The smallest absolute Gasteiger partial charge is 0.335 e. The van der Waals surface area contributed by atoms with Crippen molar-refractivity contribution in [2.75, 3.05) is 0 Å². The first kappa shape index (κ1) is 17.3. The van der Waals surface area contributed by atoms with Gasteiger partial charge < -0.3 is 10.2 Å². The lowest BCUT2D eigenvalue weighted by atomic mass is 10.0. The van der Waals surface area contributed by atoms with Crippen LogP contribution in [0.4, 0.5) is 0 Å². The molecule has 0 aliphatic carbocycles. The quantitative estimate of drug-likeness (QED) is 0.831. The Bertz CT molecular complexity index is 844. The van der Waals surface area contributed by atoms with Gasteiger partial charge in [0.15, 0.2) is 0 Å². The average Bonchev–Trinajstić information content (AvgIpc) is 2.87. The lowest BCUT2D eigenvalue weighted by Crippen LogP contribution is -2.35. The van der Waals surface area contributed by atoms with Crippen LogP contribution < -0.4 is 5.32 Å². The normalized spacial score (nSPS) is 14.0. The summed E-state index contributed by atoms with van der Waals surface area (Å²) in [6.07, 6.45) is -0.225. The molecule has 3 rings (SSSR count). The number of carbonyl (C=O) groups excluding carboxylic acids is 4. The van der Waals surface area contributed by atoms with Crippen molar-refractivity contribution in [3.63, 3.8) is 0 Å². The van der Waals surface area contributed by atoms with Gasteiger partial charge in [0.1, 0.15) is 0 Å². The minimum Gasteiger partial charge on any atom is -0.349 e. The van der Waals surface area contributed by atoms with Gasteiger partial charge in [-0.05, 0) is 17.7 Å². The number of rotatable bonds is 5. The Balaban J connectivity index is 1.72. The molecule has 0 spiro atoms. The maximum Gasteiger partial charge on any atom is 0.335 e. The summed E-state index contributed by atoms with van der Waals surface area (Å²) in [5, 5.41) is 3.12. The van der Waals surface area contributed by atoms with Crippen molar-refractivity contribution in [1.29, 1.82) is 0 Å². The molecule has 1 unspecified atom stereocenters. The second kappa shape index (κ2) is 7.18. The largest absolute Gasteiger partial charge is 0.349 e. The first-order valence-corrected chi connectivity index (χ1v) is 7.98. The first-order chi connectivity index (χ1) is 12.5. The maximum atomic E-state index is 12.3. The number of hydrogen-bond acceptors (Lipinski definition) is 5. The molecule has 0 radical (unpaired) electrons. The molecule has 1 N–H and O–H groups in total. The van der Waals surface area contributed by atoms with E-state index in [0.29, 0.717) is 10.6 Å². The Kier molecular flexibility index (Phi) is 4.79. The summed E-state index contributed by atoms with van der Waals surface area (Å²) in [5.41, 5.74) is 1.08. The lowest BCUT2D eigenvalue weighted by Gasteiger charge is -2.19. The molecular weight excluding hydrogens is 336 g/mol. The van der Waals surface area contributed by atoms with Gasteiger partial charge in [0.25, 0.3) is 11.8 Å². The van der Waals surface area contributed by atoms with Gasteiger partial charge in [0.2, 0.25) is 5.91 Å². The van der Waals surface area contributed by atoms with Gasteiger partial charge in [-0.1, -0.05) is 47.5 Å². The predicted molar refractivity (Wildman–Crippen MR) is 90.7 cm³/mol. The highest BCUT2D eigenvalue weighted by Gasteiger charge is 2.38. The summed E-state index contributed by atoms with van der Waals surface area (Å²) >= 11 is 0. The summed E-state index contributed by atoms with van der Waals surface area (Å²) in [4.78, 5) is 53.2. The predicted octanol–water partition coefficient (Wildman–Crippen LogP) is 2.01. The van der Waals surface area contributed by atoms with Crippen LogP contribution in [0.5, 0.6) is 0 Å². The molecule has 2 aromatic rings. The van der Waals surface area contributed by atoms with E-state index in [9.17, 15) is 19.2 Å². The Morgan fingerprint density at radius 2 is 1.50 bits per heavy atom. The Morgan fingerprint density at radius 3 is 2.04 bits per heavy atom. The second-order valence-corrected chi connectivity index (χ2v) is 5.78. The standard InChI is InChI=1S/C19H16N2O5/c1-12(22)20-16(13-7-3-2-4-8-13)11-17(23)26-21-18(24)14-9-5-6-10-15(14)19(21)25/h2-10,16H,11H2,1H3,(H,20,22). The van der Waals surface area contributed by atoms with E-state index in [1.807, 2.05) is 6.07 Å². The van der Waals surface area contributed by atoms with Crippen LogP contribution in [0, 0.1) is 0 Å².